The zero-order valence-corrected chi connectivity index (χ0v) is 12.2. The van der Waals surface area contributed by atoms with Crippen LogP contribution in [-0.4, -0.2) is 24.0 Å². The summed E-state index contributed by atoms with van der Waals surface area (Å²) < 4.78 is 6.26. The highest BCUT2D eigenvalue weighted by atomic mass is 127. The molecule has 94 valence electrons. The number of hydrogen-bond acceptors (Lipinski definition) is 2. The van der Waals surface area contributed by atoms with E-state index >= 15 is 0 Å². The van der Waals surface area contributed by atoms with E-state index in [1.165, 1.54) is 0 Å². The van der Waals surface area contributed by atoms with Crippen LogP contribution in [-0.2, 0) is 11.2 Å². The van der Waals surface area contributed by atoms with Crippen LogP contribution in [0, 0.1) is 0 Å². The van der Waals surface area contributed by atoms with E-state index in [9.17, 15) is 4.79 Å². The summed E-state index contributed by atoms with van der Waals surface area (Å²) in [5.41, 5.74) is 0.982. The molecule has 3 nitrogen and oxygen atoms in total. The Kier molecular flexibility index (Phi) is 7.00. The zero-order chi connectivity index (χ0) is 12.5. The smallest absolute Gasteiger partial charge is 0.224 e. The van der Waals surface area contributed by atoms with Gasteiger partial charge in [-0.05, 0) is 35.0 Å². The van der Waals surface area contributed by atoms with E-state index < -0.39 is 0 Å². The third-order valence-electron chi connectivity index (χ3n) is 2.38. The number of carbonyl (C=O) groups is 1. The molecule has 0 saturated heterocycles. The first-order valence-corrected chi connectivity index (χ1v) is 7.24. The molecule has 0 saturated carbocycles. The number of unbranched alkanes of at least 4 members (excludes halogenated alkanes) is 1. The molecule has 17 heavy (non-hydrogen) atoms. The predicted molar refractivity (Wildman–Crippen MR) is 77.8 cm³/mol. The first-order valence-electron chi connectivity index (χ1n) is 5.72. The van der Waals surface area contributed by atoms with Gasteiger partial charge in [0.15, 0.2) is 0 Å². The molecule has 0 radical (unpaired) electrons. The second-order valence-electron chi connectivity index (χ2n) is 3.77. The van der Waals surface area contributed by atoms with E-state index in [0.717, 1.165) is 35.1 Å². The maximum Gasteiger partial charge on any atom is 0.224 e. The summed E-state index contributed by atoms with van der Waals surface area (Å²) in [4.78, 5) is 11.6. The molecule has 1 N–H and O–H groups in total. The van der Waals surface area contributed by atoms with Gasteiger partial charge >= 0.3 is 0 Å². The Morgan fingerprint density at radius 2 is 2.24 bits per heavy atom. The number of halogens is 1. The summed E-state index contributed by atoms with van der Waals surface area (Å²) in [5, 5.41) is 2.92. The molecule has 0 aromatic heterocycles. The van der Waals surface area contributed by atoms with E-state index in [-0.39, 0.29) is 5.91 Å². The standard InChI is InChI=1S/C13H18INO2/c1-17-12-6-4-5-11(9-12)10-13(16)15-8-3-2-7-14/h4-6,9H,2-3,7-8,10H2,1H3,(H,15,16). The van der Waals surface area contributed by atoms with Gasteiger partial charge in [-0.15, -0.1) is 0 Å². The zero-order valence-electron chi connectivity index (χ0n) is 10.0. The van der Waals surface area contributed by atoms with Gasteiger partial charge in [-0.3, -0.25) is 4.79 Å². The lowest BCUT2D eigenvalue weighted by molar-refractivity contribution is -0.120. The fourth-order valence-electron chi connectivity index (χ4n) is 1.48. The molecule has 4 heteroatoms. The number of benzene rings is 1. The topological polar surface area (TPSA) is 38.3 Å². The Bertz CT molecular complexity index is 355. The molecule has 0 aliphatic carbocycles. The maximum absolute atomic E-state index is 11.6. The third kappa shape index (κ3) is 5.91. The number of ether oxygens (including phenoxy) is 1. The third-order valence-corrected chi connectivity index (χ3v) is 3.14. The summed E-state index contributed by atoms with van der Waals surface area (Å²) in [6, 6.07) is 7.61. The van der Waals surface area contributed by atoms with E-state index in [0.29, 0.717) is 6.42 Å². The maximum atomic E-state index is 11.6. The minimum Gasteiger partial charge on any atom is -0.497 e. The molecule has 1 aromatic carbocycles. The Balaban J connectivity index is 2.34. The number of carbonyl (C=O) groups excluding carboxylic acids is 1. The van der Waals surface area contributed by atoms with Crippen LogP contribution < -0.4 is 10.1 Å². The molecule has 1 amide bonds. The van der Waals surface area contributed by atoms with Gasteiger partial charge in [0.25, 0.3) is 0 Å². The molecule has 0 aliphatic rings. The molecule has 0 heterocycles. The first kappa shape index (κ1) is 14.3. The molecule has 0 spiro atoms. The van der Waals surface area contributed by atoms with Crippen molar-refractivity contribution in [2.45, 2.75) is 19.3 Å². The summed E-state index contributed by atoms with van der Waals surface area (Å²) >= 11 is 2.34. The second-order valence-corrected chi connectivity index (χ2v) is 4.85. The average molecular weight is 347 g/mol. The van der Waals surface area contributed by atoms with Gasteiger partial charge in [-0.25, -0.2) is 0 Å². The monoisotopic (exact) mass is 347 g/mol. The van der Waals surface area contributed by atoms with Gasteiger partial charge in [-0.1, -0.05) is 34.7 Å². The number of rotatable bonds is 7. The predicted octanol–water partition coefficient (Wildman–Crippen LogP) is 2.57. The van der Waals surface area contributed by atoms with Crippen molar-refractivity contribution in [3.63, 3.8) is 0 Å². The highest BCUT2D eigenvalue weighted by Crippen LogP contribution is 2.12. The fourth-order valence-corrected chi connectivity index (χ4v) is 2.02. The number of alkyl halides is 1. The van der Waals surface area contributed by atoms with Crippen LogP contribution in [0.1, 0.15) is 18.4 Å². The summed E-state index contributed by atoms with van der Waals surface area (Å²) in [6.45, 7) is 0.770. The highest BCUT2D eigenvalue weighted by Gasteiger charge is 2.03. The molecule has 0 fully saturated rings. The van der Waals surface area contributed by atoms with Crippen LogP contribution in [0.15, 0.2) is 24.3 Å². The van der Waals surface area contributed by atoms with Crippen LogP contribution >= 0.6 is 22.6 Å². The molecule has 0 atom stereocenters. The van der Waals surface area contributed by atoms with Crippen molar-refractivity contribution in [1.29, 1.82) is 0 Å². The molecule has 0 bridgehead atoms. The highest BCUT2D eigenvalue weighted by molar-refractivity contribution is 14.1. The van der Waals surface area contributed by atoms with Crippen LogP contribution in [0.5, 0.6) is 5.75 Å². The first-order chi connectivity index (χ1) is 8.26. The molecule has 1 aromatic rings. The summed E-state index contributed by atoms with van der Waals surface area (Å²) in [6.07, 6.45) is 2.62. The van der Waals surface area contributed by atoms with Crippen LogP contribution in [0.2, 0.25) is 0 Å². The SMILES string of the molecule is COc1cccc(CC(=O)NCCCCI)c1. The normalized spacial score (nSPS) is 10.0. The summed E-state index contributed by atoms with van der Waals surface area (Å²) in [5.74, 6) is 0.868. The number of amides is 1. The summed E-state index contributed by atoms with van der Waals surface area (Å²) in [7, 11) is 1.63. The Hall–Kier alpha value is -0.780. The average Bonchev–Trinajstić information content (AvgIpc) is 2.35. The van der Waals surface area contributed by atoms with Crippen molar-refractivity contribution in [3.05, 3.63) is 29.8 Å². The van der Waals surface area contributed by atoms with Gasteiger partial charge in [0.05, 0.1) is 13.5 Å². The van der Waals surface area contributed by atoms with Crippen molar-refractivity contribution in [2.24, 2.45) is 0 Å². The van der Waals surface area contributed by atoms with Crippen molar-refractivity contribution in [2.75, 3.05) is 18.1 Å². The van der Waals surface area contributed by atoms with E-state index in [1.807, 2.05) is 24.3 Å². The van der Waals surface area contributed by atoms with Gasteiger partial charge in [0.2, 0.25) is 5.91 Å². The molecule has 0 aliphatic heterocycles. The van der Waals surface area contributed by atoms with Crippen LogP contribution in [0.25, 0.3) is 0 Å². The minimum atomic E-state index is 0.0757. The Morgan fingerprint density at radius 3 is 2.94 bits per heavy atom. The van der Waals surface area contributed by atoms with Crippen LogP contribution in [0.4, 0.5) is 0 Å². The molecular formula is C13H18INO2. The van der Waals surface area contributed by atoms with Gasteiger partial charge in [0.1, 0.15) is 5.75 Å². The van der Waals surface area contributed by atoms with Crippen molar-refractivity contribution in [3.8, 4) is 5.75 Å². The molecular weight excluding hydrogens is 329 g/mol. The lowest BCUT2D eigenvalue weighted by Crippen LogP contribution is -2.26. The van der Waals surface area contributed by atoms with E-state index in [4.69, 9.17) is 4.74 Å². The van der Waals surface area contributed by atoms with Gasteiger partial charge in [-0.2, -0.15) is 0 Å². The van der Waals surface area contributed by atoms with E-state index in [2.05, 4.69) is 27.9 Å². The van der Waals surface area contributed by atoms with Crippen molar-refractivity contribution >= 4 is 28.5 Å². The van der Waals surface area contributed by atoms with Crippen molar-refractivity contribution < 1.29 is 9.53 Å². The molecule has 0 unspecified atom stereocenters. The largest absolute Gasteiger partial charge is 0.497 e. The number of methoxy groups -OCH3 is 1. The lowest BCUT2D eigenvalue weighted by atomic mass is 10.1. The number of nitrogens with one attached hydrogen (secondary N) is 1. The van der Waals surface area contributed by atoms with Crippen molar-refractivity contribution in [1.82, 2.24) is 5.32 Å². The fraction of sp³-hybridized carbons (Fsp3) is 0.462. The van der Waals surface area contributed by atoms with E-state index in [1.54, 1.807) is 7.11 Å². The Morgan fingerprint density at radius 1 is 1.41 bits per heavy atom. The number of hydrogen-bond donors (Lipinski definition) is 1. The van der Waals surface area contributed by atoms with Crippen LogP contribution in [0.3, 0.4) is 0 Å². The Labute approximate surface area is 116 Å². The second kappa shape index (κ2) is 8.33. The minimum absolute atomic E-state index is 0.0757. The van der Waals surface area contributed by atoms with Gasteiger partial charge in [0, 0.05) is 6.54 Å². The quantitative estimate of drug-likeness (QED) is 0.468. The van der Waals surface area contributed by atoms with Gasteiger partial charge < -0.3 is 10.1 Å². The lowest BCUT2D eigenvalue weighted by Gasteiger charge is -2.06. The molecule has 1 rings (SSSR count).